The van der Waals surface area contributed by atoms with E-state index < -0.39 is 6.10 Å². The van der Waals surface area contributed by atoms with Crippen molar-refractivity contribution in [2.75, 3.05) is 45.8 Å². The number of rotatable bonds is 7. The lowest BCUT2D eigenvalue weighted by Gasteiger charge is -2.34. The van der Waals surface area contributed by atoms with E-state index in [0.29, 0.717) is 24.1 Å². The zero-order chi connectivity index (χ0) is 10.3. The van der Waals surface area contributed by atoms with Gasteiger partial charge in [0.15, 0.2) is 0 Å². The molecule has 0 radical (unpaired) electrons. The third-order valence-electron chi connectivity index (χ3n) is 2.11. The smallest absolute Gasteiger partial charge is 0.116 e. The number of alkyl halides is 1. The van der Waals surface area contributed by atoms with Gasteiger partial charge in [-0.3, -0.25) is 0 Å². The molecular weight excluding hydrogens is 229 g/mol. The summed E-state index contributed by atoms with van der Waals surface area (Å²) in [4.78, 5) is 0. The maximum Gasteiger partial charge on any atom is 0.116 e. The molecule has 14 heavy (non-hydrogen) atoms. The molecule has 6 heteroatoms. The van der Waals surface area contributed by atoms with Crippen molar-refractivity contribution in [2.45, 2.75) is 6.10 Å². The van der Waals surface area contributed by atoms with Crippen molar-refractivity contribution < 1.29 is 32.2 Å². The van der Waals surface area contributed by atoms with E-state index in [2.05, 4.69) is 0 Å². The monoisotopic (exact) mass is 247 g/mol. The van der Waals surface area contributed by atoms with Crippen LogP contribution in [0.25, 0.3) is 0 Å². The maximum absolute atomic E-state index is 9.34. The molecule has 1 atom stereocenters. The minimum absolute atomic E-state index is 0. The van der Waals surface area contributed by atoms with E-state index in [1.165, 1.54) is 0 Å². The Morgan fingerprint density at radius 2 is 1.64 bits per heavy atom. The summed E-state index contributed by atoms with van der Waals surface area (Å²) in [5.74, 6) is 0.185. The van der Waals surface area contributed by atoms with Crippen molar-refractivity contribution in [3.63, 3.8) is 0 Å². The van der Waals surface area contributed by atoms with E-state index in [9.17, 15) is 5.11 Å². The Hall–Kier alpha value is 0.420. The van der Waals surface area contributed by atoms with E-state index in [0.717, 1.165) is 0 Å². The van der Waals surface area contributed by atoms with Crippen LogP contribution in [0, 0.1) is 0 Å². The fourth-order valence-electron chi connectivity index (χ4n) is 1.33. The summed E-state index contributed by atoms with van der Waals surface area (Å²) in [6.45, 7) is 1.60. The van der Waals surface area contributed by atoms with E-state index in [1.807, 2.05) is 7.05 Å². The van der Waals surface area contributed by atoms with Gasteiger partial charge in [-0.25, -0.2) is 0 Å². The van der Waals surface area contributed by atoms with Gasteiger partial charge in [-0.1, -0.05) is 0 Å². The van der Waals surface area contributed by atoms with Crippen LogP contribution in [0.15, 0.2) is 0 Å². The van der Waals surface area contributed by atoms with Crippen LogP contribution in [0.3, 0.4) is 0 Å². The second kappa shape index (κ2) is 8.71. The third kappa shape index (κ3) is 6.81. The molecule has 0 aromatic carbocycles. The summed E-state index contributed by atoms with van der Waals surface area (Å²) in [6.07, 6.45) is -0.579. The van der Waals surface area contributed by atoms with Crippen molar-refractivity contribution in [2.24, 2.45) is 0 Å². The van der Waals surface area contributed by atoms with Gasteiger partial charge in [0.05, 0.1) is 26.1 Å². The molecule has 0 aliphatic rings. The summed E-state index contributed by atoms with van der Waals surface area (Å²) in [5, 5.41) is 26.9. The Morgan fingerprint density at radius 1 is 1.21 bits per heavy atom. The highest BCUT2D eigenvalue weighted by molar-refractivity contribution is 6.18. The maximum atomic E-state index is 9.34. The molecule has 3 N–H and O–H groups in total. The molecule has 0 aliphatic carbocycles. The number of hydrogen-bond acceptors (Lipinski definition) is 3. The number of aliphatic hydroxyl groups is 3. The van der Waals surface area contributed by atoms with Gasteiger partial charge in [0.2, 0.25) is 0 Å². The number of nitrogens with zero attached hydrogens (tertiary/aromatic N) is 1. The molecule has 4 nitrogen and oxygen atoms in total. The first-order valence-electron chi connectivity index (χ1n) is 4.37. The van der Waals surface area contributed by atoms with E-state index in [-0.39, 0.29) is 31.5 Å². The Morgan fingerprint density at radius 3 is 1.93 bits per heavy atom. The van der Waals surface area contributed by atoms with Crippen LogP contribution in [-0.2, 0) is 0 Å². The Kier molecular flexibility index (Phi) is 10.5. The Balaban J connectivity index is 0. The average molecular weight is 248 g/mol. The van der Waals surface area contributed by atoms with Crippen LogP contribution in [0.5, 0.6) is 0 Å². The van der Waals surface area contributed by atoms with Crippen molar-refractivity contribution in [3.8, 4) is 0 Å². The lowest BCUT2D eigenvalue weighted by Crippen LogP contribution is -3.00. The summed E-state index contributed by atoms with van der Waals surface area (Å²) in [5.41, 5.74) is 0. The SMILES string of the molecule is C[N+](CCO)(CCO)CC(O)CCl.[Cl-]. The first-order valence-corrected chi connectivity index (χ1v) is 4.90. The first-order chi connectivity index (χ1) is 6.08. The summed E-state index contributed by atoms with van der Waals surface area (Å²) in [6, 6.07) is 0. The topological polar surface area (TPSA) is 60.7 Å². The fourth-order valence-corrected chi connectivity index (χ4v) is 1.43. The van der Waals surface area contributed by atoms with Crippen LogP contribution >= 0.6 is 11.6 Å². The zero-order valence-electron chi connectivity index (χ0n) is 8.36. The van der Waals surface area contributed by atoms with Crippen LogP contribution in [0.4, 0.5) is 0 Å². The molecule has 0 aliphatic heterocycles. The fraction of sp³-hybridized carbons (Fsp3) is 1.00. The minimum Gasteiger partial charge on any atom is -1.00 e. The molecule has 0 aromatic heterocycles. The highest BCUT2D eigenvalue weighted by atomic mass is 35.5. The molecule has 0 spiro atoms. The number of hydrogen-bond donors (Lipinski definition) is 3. The van der Waals surface area contributed by atoms with Gasteiger partial charge in [-0.05, 0) is 0 Å². The van der Waals surface area contributed by atoms with Gasteiger partial charge < -0.3 is 32.2 Å². The third-order valence-corrected chi connectivity index (χ3v) is 2.47. The van der Waals surface area contributed by atoms with Crippen molar-refractivity contribution in [3.05, 3.63) is 0 Å². The molecule has 0 rings (SSSR count). The quantitative estimate of drug-likeness (QED) is 0.318. The predicted molar refractivity (Wildman–Crippen MR) is 51.7 cm³/mol. The highest BCUT2D eigenvalue weighted by Crippen LogP contribution is 2.04. The Labute approximate surface area is 96.1 Å². The molecule has 0 saturated carbocycles. The van der Waals surface area contributed by atoms with Crippen molar-refractivity contribution in [1.29, 1.82) is 0 Å². The van der Waals surface area contributed by atoms with Crippen LogP contribution in [-0.4, -0.2) is 71.7 Å². The van der Waals surface area contributed by atoms with Gasteiger partial charge >= 0.3 is 0 Å². The zero-order valence-corrected chi connectivity index (χ0v) is 9.88. The predicted octanol–water partition coefficient (Wildman–Crippen LogP) is -3.98. The van der Waals surface area contributed by atoms with Gasteiger partial charge in [-0.15, -0.1) is 11.6 Å². The van der Waals surface area contributed by atoms with Crippen LogP contribution < -0.4 is 12.4 Å². The molecule has 0 heterocycles. The molecular formula is C8H19Cl2NO3. The van der Waals surface area contributed by atoms with Gasteiger partial charge in [0.25, 0.3) is 0 Å². The summed E-state index contributed by atoms with van der Waals surface area (Å²) < 4.78 is 0.445. The Bertz CT molecular complexity index is 132. The van der Waals surface area contributed by atoms with Crippen molar-refractivity contribution in [1.82, 2.24) is 0 Å². The van der Waals surface area contributed by atoms with E-state index in [4.69, 9.17) is 21.8 Å². The van der Waals surface area contributed by atoms with Crippen LogP contribution in [0.1, 0.15) is 0 Å². The number of likely N-dealkylation sites (N-methyl/N-ethyl adjacent to an activating group) is 1. The van der Waals surface area contributed by atoms with Gasteiger partial charge in [0, 0.05) is 0 Å². The van der Waals surface area contributed by atoms with Gasteiger partial charge in [-0.2, -0.15) is 0 Å². The second-order valence-electron chi connectivity index (χ2n) is 3.50. The standard InChI is InChI=1S/C8H19ClNO3.ClH/c1-10(2-4-11,3-5-12)7-8(13)6-9;/h8,11-13H,2-7H2,1H3;1H/q+1;/p-1. The molecule has 1 unspecified atom stereocenters. The molecule has 0 aromatic rings. The normalized spacial score (nSPS) is 13.5. The number of aliphatic hydroxyl groups excluding tert-OH is 3. The molecule has 0 saturated heterocycles. The van der Waals surface area contributed by atoms with Crippen LogP contribution in [0.2, 0.25) is 0 Å². The first kappa shape index (κ1) is 16.8. The van der Waals surface area contributed by atoms with E-state index in [1.54, 1.807) is 0 Å². The second-order valence-corrected chi connectivity index (χ2v) is 3.81. The number of halogens is 2. The van der Waals surface area contributed by atoms with Crippen molar-refractivity contribution >= 4 is 11.6 Å². The molecule has 88 valence electrons. The number of quaternary nitrogens is 1. The van der Waals surface area contributed by atoms with E-state index >= 15 is 0 Å². The lowest BCUT2D eigenvalue weighted by atomic mass is 10.3. The molecule has 0 fully saturated rings. The van der Waals surface area contributed by atoms with Gasteiger partial charge in [0.1, 0.15) is 25.7 Å². The minimum atomic E-state index is -0.579. The largest absolute Gasteiger partial charge is 1.00 e. The summed E-state index contributed by atoms with van der Waals surface area (Å²) >= 11 is 5.47. The molecule has 0 bridgehead atoms. The summed E-state index contributed by atoms with van der Waals surface area (Å²) in [7, 11) is 1.88. The highest BCUT2D eigenvalue weighted by Gasteiger charge is 2.23. The average Bonchev–Trinajstić information content (AvgIpc) is 2.04. The molecule has 0 amide bonds. The lowest BCUT2D eigenvalue weighted by molar-refractivity contribution is -0.912.